The number of nitrogens with one attached hydrogen (secondary N) is 1. The predicted molar refractivity (Wildman–Crippen MR) is 98.6 cm³/mol. The first kappa shape index (κ1) is 18.1. The van der Waals surface area contributed by atoms with E-state index in [1.54, 1.807) is 7.11 Å². The second-order valence-corrected chi connectivity index (χ2v) is 7.83. The molecule has 2 heterocycles. The third-order valence-electron chi connectivity index (χ3n) is 5.32. The fourth-order valence-electron chi connectivity index (χ4n) is 3.92. The van der Waals surface area contributed by atoms with Crippen LogP contribution in [0.3, 0.4) is 0 Å². The molecule has 1 fully saturated rings. The molecule has 1 N–H and O–H groups in total. The molecule has 1 saturated heterocycles. The van der Waals surface area contributed by atoms with Crippen LogP contribution in [0, 0.1) is 12.3 Å². The van der Waals surface area contributed by atoms with Crippen LogP contribution in [0.5, 0.6) is 0 Å². The van der Waals surface area contributed by atoms with Crippen LogP contribution in [-0.4, -0.2) is 43.5 Å². The number of hydrogen-bond donors (Lipinski definition) is 1. The van der Waals surface area contributed by atoms with Crippen molar-refractivity contribution in [2.24, 2.45) is 5.41 Å². The van der Waals surface area contributed by atoms with E-state index in [1.165, 1.54) is 11.3 Å². The average molecular weight is 362 g/mol. The van der Waals surface area contributed by atoms with Crippen LogP contribution in [0.1, 0.15) is 47.3 Å². The molecular formula is C19H26N2O3S. The van der Waals surface area contributed by atoms with Crippen LogP contribution in [-0.2, 0) is 9.53 Å². The third-order valence-corrected chi connectivity index (χ3v) is 6.34. The van der Waals surface area contributed by atoms with Crippen molar-refractivity contribution in [3.8, 4) is 0 Å². The molecule has 1 unspecified atom stereocenters. The van der Waals surface area contributed by atoms with Gasteiger partial charge in [0.2, 0.25) is 5.91 Å². The van der Waals surface area contributed by atoms with Crippen molar-refractivity contribution >= 4 is 23.2 Å². The van der Waals surface area contributed by atoms with E-state index in [2.05, 4.69) is 11.4 Å². The third kappa shape index (κ3) is 3.65. The van der Waals surface area contributed by atoms with Crippen LogP contribution >= 0.6 is 11.3 Å². The van der Waals surface area contributed by atoms with Crippen molar-refractivity contribution in [2.75, 3.05) is 26.8 Å². The number of piperidine rings is 1. The Hall–Kier alpha value is -1.66. The van der Waals surface area contributed by atoms with Gasteiger partial charge in [0.05, 0.1) is 11.5 Å². The quantitative estimate of drug-likeness (QED) is 0.846. The summed E-state index contributed by atoms with van der Waals surface area (Å²) in [6.45, 7) is 3.66. The molecule has 0 bridgehead atoms. The highest BCUT2D eigenvalue weighted by Gasteiger charge is 2.44. The van der Waals surface area contributed by atoms with E-state index in [4.69, 9.17) is 4.74 Å². The van der Waals surface area contributed by atoms with Crippen molar-refractivity contribution in [1.82, 2.24) is 10.2 Å². The molecule has 25 heavy (non-hydrogen) atoms. The molecule has 1 aromatic rings. The molecule has 0 aromatic carbocycles. The van der Waals surface area contributed by atoms with E-state index in [-0.39, 0.29) is 17.2 Å². The molecule has 1 aromatic heterocycles. The standard InChI is InChI=1S/C19H26N2O3S/c1-14-7-12-25-17(14)18(23)20-13-19-8-4-3-5-15(19)21(10-11-24-2)16(22)6-9-19/h5,7,12H,3-4,6,8-11,13H2,1-2H3,(H,20,23). The lowest BCUT2D eigenvalue weighted by molar-refractivity contribution is -0.134. The summed E-state index contributed by atoms with van der Waals surface area (Å²) in [5, 5.41) is 5.08. The minimum atomic E-state index is -0.124. The van der Waals surface area contributed by atoms with Crippen LogP contribution in [0.4, 0.5) is 0 Å². The zero-order valence-electron chi connectivity index (χ0n) is 15.0. The van der Waals surface area contributed by atoms with E-state index in [0.29, 0.717) is 26.1 Å². The van der Waals surface area contributed by atoms with Crippen molar-refractivity contribution < 1.29 is 14.3 Å². The van der Waals surface area contributed by atoms with Gasteiger partial charge in [0.1, 0.15) is 0 Å². The lowest BCUT2D eigenvalue weighted by Gasteiger charge is -2.47. The second-order valence-electron chi connectivity index (χ2n) is 6.92. The Morgan fingerprint density at radius 3 is 3.00 bits per heavy atom. The van der Waals surface area contributed by atoms with Crippen molar-refractivity contribution in [3.63, 3.8) is 0 Å². The summed E-state index contributed by atoms with van der Waals surface area (Å²) in [5.74, 6) is 0.161. The largest absolute Gasteiger partial charge is 0.383 e. The van der Waals surface area contributed by atoms with Gasteiger partial charge < -0.3 is 15.0 Å². The number of rotatable bonds is 6. The summed E-state index contributed by atoms with van der Waals surface area (Å²) in [7, 11) is 1.65. The summed E-state index contributed by atoms with van der Waals surface area (Å²) in [6, 6.07) is 1.97. The number of hydrogen-bond acceptors (Lipinski definition) is 4. The number of methoxy groups -OCH3 is 1. The Kier molecular flexibility index (Phi) is 5.59. The van der Waals surface area contributed by atoms with Gasteiger partial charge in [-0.2, -0.15) is 0 Å². The van der Waals surface area contributed by atoms with Crippen LogP contribution in [0.2, 0.25) is 0 Å². The molecule has 1 aliphatic heterocycles. The fraction of sp³-hybridized carbons (Fsp3) is 0.579. The van der Waals surface area contributed by atoms with Gasteiger partial charge >= 0.3 is 0 Å². The molecule has 0 saturated carbocycles. The first-order valence-corrected chi connectivity index (χ1v) is 9.77. The van der Waals surface area contributed by atoms with Gasteiger partial charge in [-0.05, 0) is 49.6 Å². The van der Waals surface area contributed by atoms with E-state index >= 15 is 0 Å². The Morgan fingerprint density at radius 2 is 2.28 bits per heavy atom. The number of thiophene rings is 1. The summed E-state index contributed by atoms with van der Waals surface area (Å²) in [6.07, 6.45) is 6.65. The summed E-state index contributed by atoms with van der Waals surface area (Å²) in [5.41, 5.74) is 1.98. The van der Waals surface area contributed by atoms with Crippen LogP contribution < -0.4 is 5.32 Å². The first-order chi connectivity index (χ1) is 12.1. The maximum atomic E-state index is 12.5. The molecule has 2 amide bonds. The molecule has 5 nitrogen and oxygen atoms in total. The summed E-state index contributed by atoms with van der Waals surface area (Å²) >= 11 is 1.48. The van der Waals surface area contributed by atoms with Crippen LogP contribution in [0.25, 0.3) is 0 Å². The molecule has 136 valence electrons. The number of allylic oxidation sites excluding steroid dienone is 1. The molecule has 6 heteroatoms. The Labute approximate surface area is 153 Å². The zero-order chi connectivity index (χ0) is 17.9. The number of amides is 2. The van der Waals surface area contributed by atoms with E-state index in [0.717, 1.165) is 41.8 Å². The molecule has 0 radical (unpaired) electrons. The number of fused-ring (bicyclic) bond motifs is 1. The highest BCUT2D eigenvalue weighted by molar-refractivity contribution is 7.12. The molecule has 3 rings (SSSR count). The highest BCUT2D eigenvalue weighted by Crippen LogP contribution is 2.46. The Bertz CT molecular complexity index is 682. The minimum absolute atomic E-state index is 0.00728. The van der Waals surface area contributed by atoms with Gasteiger partial charge in [0.25, 0.3) is 5.91 Å². The average Bonchev–Trinajstić information content (AvgIpc) is 3.05. The van der Waals surface area contributed by atoms with Gasteiger partial charge in [-0.25, -0.2) is 0 Å². The number of nitrogens with zero attached hydrogens (tertiary/aromatic N) is 1. The van der Waals surface area contributed by atoms with E-state index in [1.807, 2.05) is 23.3 Å². The van der Waals surface area contributed by atoms with E-state index in [9.17, 15) is 9.59 Å². The summed E-state index contributed by atoms with van der Waals surface area (Å²) in [4.78, 5) is 27.6. The molecule has 2 aliphatic rings. The molecule has 0 spiro atoms. The molecule has 1 atom stereocenters. The number of carbonyl (C=O) groups is 2. The maximum absolute atomic E-state index is 12.5. The topological polar surface area (TPSA) is 58.6 Å². The monoisotopic (exact) mass is 362 g/mol. The minimum Gasteiger partial charge on any atom is -0.383 e. The van der Waals surface area contributed by atoms with Crippen LogP contribution in [0.15, 0.2) is 23.2 Å². The van der Waals surface area contributed by atoms with Gasteiger partial charge in [0, 0.05) is 37.7 Å². The van der Waals surface area contributed by atoms with E-state index < -0.39 is 0 Å². The lowest BCUT2D eigenvalue weighted by atomic mass is 9.69. The molecule has 1 aliphatic carbocycles. The smallest absolute Gasteiger partial charge is 0.261 e. The highest BCUT2D eigenvalue weighted by atomic mass is 32.1. The Balaban J connectivity index is 1.76. The van der Waals surface area contributed by atoms with Gasteiger partial charge in [0.15, 0.2) is 0 Å². The van der Waals surface area contributed by atoms with Crippen molar-refractivity contribution in [1.29, 1.82) is 0 Å². The fourth-order valence-corrected chi connectivity index (χ4v) is 4.76. The normalized spacial score (nSPS) is 23.2. The lowest BCUT2D eigenvalue weighted by Crippen LogP contribution is -2.51. The van der Waals surface area contributed by atoms with Gasteiger partial charge in [-0.1, -0.05) is 6.08 Å². The summed E-state index contributed by atoms with van der Waals surface area (Å²) < 4.78 is 5.18. The number of carbonyl (C=O) groups excluding carboxylic acids is 2. The first-order valence-electron chi connectivity index (χ1n) is 8.90. The van der Waals surface area contributed by atoms with Gasteiger partial charge in [-0.3, -0.25) is 9.59 Å². The maximum Gasteiger partial charge on any atom is 0.261 e. The van der Waals surface area contributed by atoms with Crippen molar-refractivity contribution in [3.05, 3.63) is 33.7 Å². The van der Waals surface area contributed by atoms with Crippen molar-refractivity contribution in [2.45, 2.75) is 39.0 Å². The SMILES string of the molecule is COCCN1C(=O)CCC2(CNC(=O)c3sccc3C)CCCC=C12. The number of aryl methyl sites for hydroxylation is 1. The number of ether oxygens (including phenoxy) is 1. The Morgan fingerprint density at radius 1 is 1.44 bits per heavy atom. The molecular weight excluding hydrogens is 336 g/mol. The number of likely N-dealkylation sites (tertiary alicyclic amines) is 1. The van der Waals surface area contributed by atoms with Gasteiger partial charge in [-0.15, -0.1) is 11.3 Å². The predicted octanol–water partition coefficient (Wildman–Crippen LogP) is 3.11. The second kappa shape index (κ2) is 7.70. The zero-order valence-corrected chi connectivity index (χ0v) is 15.8.